The van der Waals surface area contributed by atoms with Crippen LogP contribution in [0.4, 0.5) is 4.79 Å². The highest BCUT2D eigenvalue weighted by atomic mass is 32.2. The molecule has 0 aromatic rings. The fraction of sp³-hybridized carbons (Fsp3) is 0.846. The van der Waals surface area contributed by atoms with Crippen LogP contribution in [0.25, 0.3) is 0 Å². The van der Waals surface area contributed by atoms with Crippen molar-refractivity contribution < 1.29 is 24.4 Å². The molecule has 2 N–H and O–H groups in total. The number of amides is 1. The van der Waals surface area contributed by atoms with Gasteiger partial charge in [-0.1, -0.05) is 0 Å². The van der Waals surface area contributed by atoms with Crippen LogP contribution in [-0.4, -0.2) is 78.6 Å². The van der Waals surface area contributed by atoms with Crippen LogP contribution in [0.15, 0.2) is 4.99 Å². The fourth-order valence-corrected chi connectivity index (χ4v) is 3.54. The Morgan fingerprint density at radius 3 is 2.83 bits per heavy atom. The summed E-state index contributed by atoms with van der Waals surface area (Å²) >= 11 is 5.09. The first-order valence-corrected chi connectivity index (χ1v) is 10.8. The number of nitrogens with zero attached hydrogens (tertiary/aromatic N) is 1. The average Bonchev–Trinajstić information content (AvgIpc) is 2.55. The summed E-state index contributed by atoms with van der Waals surface area (Å²) in [6.07, 6.45) is 0.932. The number of ether oxygens (including phenoxy) is 1. The number of carbonyl (C=O) groups excluding carboxylic acids is 1. The minimum absolute atomic E-state index is 0.152. The molecule has 136 valence electrons. The zero-order chi connectivity index (χ0) is 17.0. The lowest BCUT2D eigenvalue weighted by atomic mass is 10.7. The second-order valence-electron chi connectivity index (χ2n) is 3.85. The van der Waals surface area contributed by atoms with Gasteiger partial charge in [0.2, 0.25) is 6.40 Å². The van der Waals surface area contributed by atoms with Crippen LogP contribution in [0.1, 0.15) is 6.92 Å². The topological polar surface area (TPSA) is 89.4 Å². The summed E-state index contributed by atoms with van der Waals surface area (Å²) in [4.78, 5) is 24.6. The Balaban J connectivity index is 3.17. The summed E-state index contributed by atoms with van der Waals surface area (Å²) in [6.45, 7) is 4.15. The lowest BCUT2D eigenvalue weighted by Crippen LogP contribution is -2.27. The molecule has 0 aromatic carbocycles. The molecule has 0 rings (SSSR count). The summed E-state index contributed by atoms with van der Waals surface area (Å²) in [6, 6.07) is 0. The van der Waals surface area contributed by atoms with Gasteiger partial charge in [0, 0.05) is 34.6 Å². The number of aliphatic hydroxyl groups excluding tert-OH is 1. The van der Waals surface area contributed by atoms with Gasteiger partial charge < -0.3 is 20.0 Å². The summed E-state index contributed by atoms with van der Waals surface area (Å²) in [5.74, 6) is 3.14. The minimum Gasteiger partial charge on any atom is -0.449 e. The molecule has 23 heavy (non-hydrogen) atoms. The Kier molecular flexibility index (Phi) is 19.5. The first-order valence-electron chi connectivity index (χ1n) is 7.32. The van der Waals surface area contributed by atoms with Crippen LogP contribution in [0, 0.1) is 0 Å². The van der Waals surface area contributed by atoms with Gasteiger partial charge in [0.05, 0.1) is 19.8 Å². The van der Waals surface area contributed by atoms with Crippen molar-refractivity contribution in [2.45, 2.75) is 6.92 Å². The standard InChI is InChI=1S/C13H26N2O5S3/c1-2-19-20-11-14-3-7-22-12-23-8-4-15-13(17)18-6-10-21-9-5-16/h11,16H,2-10,12H2,1H3,(H,15,17). The van der Waals surface area contributed by atoms with Crippen molar-refractivity contribution in [1.82, 2.24) is 5.32 Å². The average molecular weight is 387 g/mol. The molecule has 0 spiro atoms. The highest BCUT2D eigenvalue weighted by Gasteiger charge is 2.00. The zero-order valence-electron chi connectivity index (χ0n) is 13.4. The van der Waals surface area contributed by atoms with Gasteiger partial charge in [-0.05, 0) is 6.92 Å². The molecule has 0 aliphatic heterocycles. The van der Waals surface area contributed by atoms with Crippen LogP contribution >= 0.6 is 35.3 Å². The molecule has 0 radical (unpaired) electrons. The van der Waals surface area contributed by atoms with Gasteiger partial charge in [0.1, 0.15) is 6.61 Å². The van der Waals surface area contributed by atoms with Crippen molar-refractivity contribution in [3.05, 3.63) is 0 Å². The molecule has 0 aliphatic carbocycles. The molecule has 0 aromatic heterocycles. The fourth-order valence-electron chi connectivity index (χ4n) is 1.11. The molecule has 0 saturated carbocycles. The van der Waals surface area contributed by atoms with Crippen LogP contribution in [0.5, 0.6) is 0 Å². The van der Waals surface area contributed by atoms with Crippen LogP contribution in [0.3, 0.4) is 0 Å². The molecule has 1 amide bonds. The Bertz CT molecular complexity index is 299. The molecule has 0 unspecified atom stereocenters. The minimum atomic E-state index is -0.383. The normalized spacial score (nSPS) is 10.9. The number of thioether (sulfide) groups is 3. The highest BCUT2D eigenvalue weighted by Crippen LogP contribution is 2.10. The van der Waals surface area contributed by atoms with Crippen molar-refractivity contribution in [3.8, 4) is 0 Å². The SMILES string of the molecule is CCOOC=NCCSCSCCNC(=O)OCCSCCO. The van der Waals surface area contributed by atoms with Gasteiger partial charge >= 0.3 is 6.09 Å². The van der Waals surface area contributed by atoms with E-state index in [1.807, 2.05) is 6.92 Å². The lowest BCUT2D eigenvalue weighted by Gasteiger charge is -2.06. The van der Waals surface area contributed by atoms with Crippen LogP contribution in [-0.2, 0) is 14.5 Å². The molecule has 0 aliphatic rings. The molecule has 0 heterocycles. The molecule has 0 fully saturated rings. The number of hydrogen-bond donors (Lipinski definition) is 2. The van der Waals surface area contributed by atoms with Crippen molar-refractivity contribution in [3.63, 3.8) is 0 Å². The van der Waals surface area contributed by atoms with E-state index in [4.69, 9.17) is 9.84 Å². The predicted octanol–water partition coefficient (Wildman–Crippen LogP) is 1.86. The second kappa shape index (κ2) is 19.8. The van der Waals surface area contributed by atoms with Crippen molar-refractivity contribution >= 4 is 47.8 Å². The number of aliphatic imine (C=N–C) groups is 1. The van der Waals surface area contributed by atoms with E-state index < -0.39 is 0 Å². The van der Waals surface area contributed by atoms with E-state index in [1.54, 1.807) is 35.3 Å². The highest BCUT2D eigenvalue weighted by molar-refractivity contribution is 8.16. The molecule has 0 atom stereocenters. The van der Waals surface area contributed by atoms with Crippen LogP contribution in [0.2, 0.25) is 0 Å². The Labute approximate surface area is 150 Å². The van der Waals surface area contributed by atoms with E-state index in [-0.39, 0.29) is 12.7 Å². The lowest BCUT2D eigenvalue weighted by molar-refractivity contribution is -0.211. The number of carbonyl (C=O) groups is 1. The molecule has 10 heteroatoms. The molecule has 0 bridgehead atoms. The monoisotopic (exact) mass is 386 g/mol. The number of hydrogen-bond acceptors (Lipinski definition) is 9. The quantitative estimate of drug-likeness (QED) is 0.104. The van der Waals surface area contributed by atoms with Crippen molar-refractivity contribution in [2.75, 3.05) is 61.0 Å². The predicted molar refractivity (Wildman–Crippen MR) is 99.6 cm³/mol. The molecular formula is C13H26N2O5S3. The van der Waals surface area contributed by atoms with Crippen LogP contribution < -0.4 is 5.32 Å². The number of alkyl carbamates (subject to hydrolysis) is 1. The largest absolute Gasteiger partial charge is 0.449 e. The van der Waals surface area contributed by atoms with E-state index in [9.17, 15) is 4.79 Å². The summed E-state index contributed by atoms with van der Waals surface area (Å²) in [5.41, 5.74) is 0. The summed E-state index contributed by atoms with van der Waals surface area (Å²) < 4.78 is 4.98. The maximum atomic E-state index is 11.3. The Morgan fingerprint density at radius 2 is 2.04 bits per heavy atom. The van der Waals surface area contributed by atoms with E-state index >= 15 is 0 Å². The van der Waals surface area contributed by atoms with Gasteiger partial charge in [0.15, 0.2) is 0 Å². The van der Waals surface area contributed by atoms with Gasteiger partial charge in [-0.25, -0.2) is 4.79 Å². The van der Waals surface area contributed by atoms with Gasteiger partial charge in [0.25, 0.3) is 0 Å². The van der Waals surface area contributed by atoms with E-state index in [2.05, 4.69) is 20.1 Å². The maximum Gasteiger partial charge on any atom is 0.407 e. The molecule has 7 nitrogen and oxygen atoms in total. The van der Waals surface area contributed by atoms with Gasteiger partial charge in [-0.2, -0.15) is 16.6 Å². The van der Waals surface area contributed by atoms with Gasteiger partial charge in [-0.3, -0.25) is 4.99 Å². The second-order valence-corrected chi connectivity index (χ2v) is 7.65. The third-order valence-corrected chi connectivity index (χ3v) is 5.27. The summed E-state index contributed by atoms with van der Waals surface area (Å²) in [5, 5.41) is 12.2. The Morgan fingerprint density at radius 1 is 1.22 bits per heavy atom. The first kappa shape index (κ1) is 22.7. The maximum absolute atomic E-state index is 11.3. The first-order chi connectivity index (χ1) is 11.3. The number of aliphatic hydroxyl groups is 1. The zero-order valence-corrected chi connectivity index (χ0v) is 15.9. The number of nitrogens with one attached hydrogen (secondary N) is 1. The third kappa shape index (κ3) is 19.7. The van der Waals surface area contributed by atoms with E-state index in [1.165, 1.54) is 6.40 Å². The summed E-state index contributed by atoms with van der Waals surface area (Å²) in [7, 11) is 0. The molecular weight excluding hydrogens is 360 g/mol. The smallest absolute Gasteiger partial charge is 0.407 e. The molecule has 0 saturated heterocycles. The van der Waals surface area contributed by atoms with Gasteiger partial charge in [-0.15, -0.1) is 23.5 Å². The third-order valence-electron chi connectivity index (χ3n) is 2.05. The van der Waals surface area contributed by atoms with Crippen molar-refractivity contribution in [1.29, 1.82) is 0 Å². The Hall–Kier alpha value is -0.290. The van der Waals surface area contributed by atoms with E-state index in [0.29, 0.717) is 37.8 Å². The van der Waals surface area contributed by atoms with E-state index in [0.717, 1.165) is 16.6 Å². The van der Waals surface area contributed by atoms with Crippen molar-refractivity contribution in [2.24, 2.45) is 4.99 Å². The number of rotatable bonds is 16.